The Morgan fingerprint density at radius 2 is 2.25 bits per heavy atom. The molecule has 1 heterocycles. The molecule has 1 saturated heterocycles. The van der Waals surface area contributed by atoms with Gasteiger partial charge in [-0.25, -0.2) is 0 Å². The molecule has 1 fully saturated rings. The summed E-state index contributed by atoms with van der Waals surface area (Å²) in [5.74, 6) is 0.00454. The highest BCUT2D eigenvalue weighted by molar-refractivity contribution is 5.91. The minimum atomic E-state index is -0.0234. The quantitative estimate of drug-likeness (QED) is 0.845. The van der Waals surface area contributed by atoms with Crippen molar-refractivity contribution in [3.8, 4) is 0 Å². The van der Waals surface area contributed by atoms with Crippen LogP contribution < -0.4 is 10.6 Å². The van der Waals surface area contributed by atoms with Crippen LogP contribution in [0.4, 0.5) is 5.69 Å². The van der Waals surface area contributed by atoms with E-state index >= 15 is 0 Å². The largest absolute Gasteiger partial charge is 0.375 e. The second-order valence-electron chi connectivity index (χ2n) is 5.34. The van der Waals surface area contributed by atoms with Crippen molar-refractivity contribution in [1.82, 2.24) is 10.2 Å². The molecule has 1 aliphatic heterocycles. The first-order valence-electron chi connectivity index (χ1n) is 7.00. The van der Waals surface area contributed by atoms with Crippen LogP contribution in [0.3, 0.4) is 0 Å². The molecule has 0 radical (unpaired) electrons. The summed E-state index contributed by atoms with van der Waals surface area (Å²) in [4.78, 5) is 14.2. The van der Waals surface area contributed by atoms with E-state index in [0.29, 0.717) is 13.0 Å². The monoisotopic (exact) mass is 277 g/mol. The third-order valence-electron chi connectivity index (χ3n) is 3.20. The lowest BCUT2D eigenvalue weighted by Gasteiger charge is -2.23. The Hall–Kier alpha value is -1.43. The van der Waals surface area contributed by atoms with Crippen LogP contribution >= 0.6 is 0 Å². The molecule has 0 aliphatic carbocycles. The predicted octanol–water partition coefficient (Wildman–Crippen LogP) is 1.07. The molecule has 1 atom stereocenters. The summed E-state index contributed by atoms with van der Waals surface area (Å²) in [5, 5.41) is 6.22. The van der Waals surface area contributed by atoms with Crippen LogP contribution in [0.25, 0.3) is 0 Å². The van der Waals surface area contributed by atoms with Crippen LogP contribution in [-0.2, 0) is 16.1 Å². The fraction of sp³-hybridized carbons (Fsp3) is 0.533. The molecule has 20 heavy (non-hydrogen) atoms. The van der Waals surface area contributed by atoms with E-state index in [9.17, 15) is 4.79 Å². The lowest BCUT2D eigenvalue weighted by Crippen LogP contribution is -2.40. The zero-order valence-electron chi connectivity index (χ0n) is 12.2. The number of nitrogens with one attached hydrogen (secondary N) is 2. The average molecular weight is 277 g/mol. The molecule has 1 aromatic rings. The molecular weight excluding hydrogens is 254 g/mol. The maximum Gasteiger partial charge on any atom is 0.227 e. The van der Waals surface area contributed by atoms with Crippen molar-refractivity contribution in [2.24, 2.45) is 0 Å². The van der Waals surface area contributed by atoms with E-state index in [2.05, 4.69) is 15.5 Å². The predicted molar refractivity (Wildman–Crippen MR) is 79.7 cm³/mol. The summed E-state index contributed by atoms with van der Waals surface area (Å²) in [6.07, 6.45) is 0.369. The van der Waals surface area contributed by atoms with E-state index in [1.807, 2.05) is 38.4 Å². The first-order chi connectivity index (χ1) is 9.65. The van der Waals surface area contributed by atoms with Gasteiger partial charge in [0, 0.05) is 25.3 Å². The molecule has 5 nitrogen and oxygen atoms in total. The number of hydrogen-bond donors (Lipinski definition) is 2. The maximum absolute atomic E-state index is 12.1. The van der Waals surface area contributed by atoms with Crippen molar-refractivity contribution >= 4 is 11.6 Å². The van der Waals surface area contributed by atoms with E-state index < -0.39 is 0 Å². The smallest absolute Gasteiger partial charge is 0.227 e. The van der Waals surface area contributed by atoms with Gasteiger partial charge < -0.3 is 20.3 Å². The Labute approximate surface area is 120 Å². The van der Waals surface area contributed by atoms with E-state index in [1.54, 1.807) is 0 Å². The van der Waals surface area contributed by atoms with Crippen molar-refractivity contribution in [3.63, 3.8) is 0 Å². The summed E-state index contributed by atoms with van der Waals surface area (Å²) in [6, 6.07) is 7.90. The van der Waals surface area contributed by atoms with Gasteiger partial charge in [0.15, 0.2) is 0 Å². The summed E-state index contributed by atoms with van der Waals surface area (Å²) in [5.41, 5.74) is 2.00. The highest BCUT2D eigenvalue weighted by Crippen LogP contribution is 2.17. The molecule has 5 heteroatoms. The van der Waals surface area contributed by atoms with Crippen LogP contribution in [-0.4, -0.2) is 50.7 Å². The number of amides is 1. The fourth-order valence-electron chi connectivity index (χ4n) is 2.28. The normalized spacial score (nSPS) is 19.1. The van der Waals surface area contributed by atoms with Gasteiger partial charge >= 0.3 is 0 Å². The topological polar surface area (TPSA) is 53.6 Å². The summed E-state index contributed by atoms with van der Waals surface area (Å²) < 4.78 is 5.55. The van der Waals surface area contributed by atoms with E-state index in [1.165, 1.54) is 0 Å². The fourth-order valence-corrected chi connectivity index (χ4v) is 2.28. The van der Waals surface area contributed by atoms with Crippen molar-refractivity contribution in [2.45, 2.75) is 19.1 Å². The Morgan fingerprint density at radius 1 is 1.45 bits per heavy atom. The number of carbonyl (C=O) groups excluding carboxylic acids is 1. The van der Waals surface area contributed by atoms with E-state index in [0.717, 1.165) is 30.9 Å². The number of benzene rings is 1. The molecule has 0 saturated carbocycles. The van der Waals surface area contributed by atoms with Crippen molar-refractivity contribution in [1.29, 1.82) is 0 Å². The lowest BCUT2D eigenvalue weighted by atomic mass is 10.1. The van der Waals surface area contributed by atoms with Gasteiger partial charge in [0.1, 0.15) is 0 Å². The third-order valence-corrected chi connectivity index (χ3v) is 3.20. The van der Waals surface area contributed by atoms with Gasteiger partial charge in [-0.15, -0.1) is 0 Å². The Kier molecular flexibility index (Phi) is 5.52. The minimum absolute atomic E-state index is 0.00454. The van der Waals surface area contributed by atoms with Crippen LogP contribution in [0.15, 0.2) is 24.3 Å². The van der Waals surface area contributed by atoms with Gasteiger partial charge in [0.05, 0.1) is 19.1 Å². The second kappa shape index (κ2) is 7.38. The SMILES string of the molecule is CN(C)Cc1ccccc1NC(=O)CC1CNCCO1. The van der Waals surface area contributed by atoms with Gasteiger partial charge in [0.25, 0.3) is 0 Å². The number of para-hydroxylation sites is 1. The van der Waals surface area contributed by atoms with Crippen molar-refractivity contribution < 1.29 is 9.53 Å². The van der Waals surface area contributed by atoms with Crippen LogP contribution in [0.2, 0.25) is 0 Å². The second-order valence-corrected chi connectivity index (χ2v) is 5.34. The Morgan fingerprint density at radius 3 is 2.95 bits per heavy atom. The van der Waals surface area contributed by atoms with Gasteiger partial charge in [-0.05, 0) is 25.7 Å². The number of nitrogens with zero attached hydrogens (tertiary/aromatic N) is 1. The zero-order valence-corrected chi connectivity index (χ0v) is 12.2. The number of carbonyl (C=O) groups is 1. The zero-order chi connectivity index (χ0) is 14.4. The molecule has 0 spiro atoms. The number of morpholine rings is 1. The van der Waals surface area contributed by atoms with Crippen LogP contribution in [0.1, 0.15) is 12.0 Å². The number of anilines is 1. The van der Waals surface area contributed by atoms with Gasteiger partial charge in [0.2, 0.25) is 5.91 Å². The first kappa shape index (κ1) is 15.0. The lowest BCUT2D eigenvalue weighted by molar-refractivity contribution is -0.119. The molecule has 1 amide bonds. The molecule has 1 aromatic carbocycles. The summed E-state index contributed by atoms with van der Waals surface area (Å²) >= 11 is 0. The van der Waals surface area contributed by atoms with Crippen LogP contribution in [0, 0.1) is 0 Å². The molecule has 1 unspecified atom stereocenters. The molecule has 2 rings (SSSR count). The number of ether oxygens (including phenoxy) is 1. The van der Waals surface area contributed by atoms with Crippen LogP contribution in [0.5, 0.6) is 0 Å². The minimum Gasteiger partial charge on any atom is -0.375 e. The Bertz CT molecular complexity index is 442. The van der Waals surface area contributed by atoms with E-state index in [-0.39, 0.29) is 12.0 Å². The summed E-state index contributed by atoms with van der Waals surface area (Å²) in [7, 11) is 4.03. The van der Waals surface area contributed by atoms with Crippen molar-refractivity contribution in [2.75, 3.05) is 39.1 Å². The molecule has 0 bridgehead atoms. The van der Waals surface area contributed by atoms with Crippen molar-refractivity contribution in [3.05, 3.63) is 29.8 Å². The Balaban J connectivity index is 1.93. The van der Waals surface area contributed by atoms with Gasteiger partial charge in [-0.2, -0.15) is 0 Å². The van der Waals surface area contributed by atoms with Gasteiger partial charge in [-0.1, -0.05) is 18.2 Å². The first-order valence-corrected chi connectivity index (χ1v) is 7.00. The standard InChI is InChI=1S/C15H23N3O2/c1-18(2)11-12-5-3-4-6-14(12)17-15(19)9-13-10-16-7-8-20-13/h3-6,13,16H,7-11H2,1-2H3,(H,17,19). The maximum atomic E-state index is 12.1. The molecule has 110 valence electrons. The number of rotatable bonds is 5. The van der Waals surface area contributed by atoms with E-state index in [4.69, 9.17) is 4.74 Å². The molecule has 2 N–H and O–H groups in total. The van der Waals surface area contributed by atoms with Gasteiger partial charge in [-0.3, -0.25) is 4.79 Å². The highest BCUT2D eigenvalue weighted by Gasteiger charge is 2.17. The molecule has 0 aromatic heterocycles. The third kappa shape index (κ3) is 4.59. The summed E-state index contributed by atoms with van der Waals surface area (Å²) in [6.45, 7) is 3.09. The number of hydrogen-bond acceptors (Lipinski definition) is 4. The average Bonchev–Trinajstić information content (AvgIpc) is 2.41. The molecule has 1 aliphatic rings. The highest BCUT2D eigenvalue weighted by atomic mass is 16.5. The molecular formula is C15H23N3O2.